The van der Waals surface area contributed by atoms with Crippen molar-refractivity contribution in [3.05, 3.63) is 38.8 Å². The molecule has 0 aromatic carbocycles. The highest BCUT2D eigenvalue weighted by atomic mass is 32.2. The Labute approximate surface area is 108 Å². The molecule has 0 atom stereocenters. The molecule has 0 radical (unpaired) electrons. The summed E-state index contributed by atoms with van der Waals surface area (Å²) < 4.78 is 29.6. The second kappa shape index (κ2) is 18.0. The first kappa shape index (κ1) is 21.9. The minimum atomic E-state index is -3.51. The van der Waals surface area contributed by atoms with Crippen LogP contribution >= 0.6 is 0 Å². The summed E-state index contributed by atoms with van der Waals surface area (Å²) in [6.07, 6.45) is 2.57. The van der Waals surface area contributed by atoms with Crippen LogP contribution in [-0.4, -0.2) is 35.0 Å². The maximum Gasteiger partial charge on any atom is 0.305 e. The molecule has 0 aliphatic carbocycles. The summed E-state index contributed by atoms with van der Waals surface area (Å²) in [5.41, 5.74) is 0. The summed E-state index contributed by atoms with van der Waals surface area (Å²) in [6, 6.07) is 0. The quantitative estimate of drug-likeness (QED) is 0.167. The topological polar surface area (TPSA) is 80.3 Å². The van der Waals surface area contributed by atoms with Gasteiger partial charge in [0.05, 0.1) is 12.9 Å². The monoisotopic (exact) mass is 284 g/mol. The molecule has 108 valence electrons. The normalized spacial score (nSPS) is 9.67. The minimum Gasteiger partial charge on any atom is -0.387 e. The molecule has 0 bridgehead atoms. The van der Waals surface area contributed by atoms with Gasteiger partial charge in [-0.05, 0) is 5.04 Å². The lowest BCUT2D eigenvalue weighted by Crippen LogP contribution is -2.01. The van der Waals surface area contributed by atoms with E-state index in [9.17, 15) is 8.42 Å². The van der Waals surface area contributed by atoms with Crippen LogP contribution in [0.5, 0.6) is 0 Å². The summed E-state index contributed by atoms with van der Waals surface area (Å²) in [4.78, 5) is 8.63. The number of rotatable bonds is 8. The van der Waals surface area contributed by atoms with Gasteiger partial charge in [-0.25, -0.2) is 0 Å². The largest absolute Gasteiger partial charge is 0.387 e. The van der Waals surface area contributed by atoms with Gasteiger partial charge < -0.3 is 13.8 Å². The van der Waals surface area contributed by atoms with Gasteiger partial charge in [-0.3, -0.25) is 0 Å². The molecule has 0 N–H and O–H groups in total. The zero-order valence-corrected chi connectivity index (χ0v) is 11.5. The van der Waals surface area contributed by atoms with Gasteiger partial charge in [-0.1, -0.05) is 0 Å². The van der Waals surface area contributed by atoms with Crippen LogP contribution in [0.2, 0.25) is 0 Å². The summed E-state index contributed by atoms with van der Waals surface area (Å²) in [6.45, 7) is 12.5. The fourth-order valence-corrected chi connectivity index (χ4v) is 0.595. The fraction of sp³-hybridized carbons (Fsp3) is 0.400. The molecule has 0 aliphatic rings. The van der Waals surface area contributed by atoms with Crippen molar-refractivity contribution in [1.29, 1.82) is 0 Å². The lowest BCUT2D eigenvalue weighted by molar-refractivity contribution is -0.491. The van der Waals surface area contributed by atoms with Crippen molar-refractivity contribution in [1.82, 2.24) is 0 Å². The maximum atomic E-state index is 10.4. The highest BCUT2D eigenvalue weighted by Crippen LogP contribution is 1.89. The molecule has 0 aliphatic heterocycles. The van der Waals surface area contributed by atoms with Crippen LogP contribution in [0, 0.1) is 0 Å². The molecule has 0 fully saturated rings. The zero-order chi connectivity index (χ0) is 14.9. The smallest absolute Gasteiger partial charge is 0.305 e. The Hall–Kier alpha value is -1.35. The molecular formula is C10H20O7S. The second-order valence-electron chi connectivity index (χ2n) is 2.05. The summed E-state index contributed by atoms with van der Waals surface area (Å²) in [7, 11) is -2.00. The van der Waals surface area contributed by atoms with Gasteiger partial charge in [0.15, 0.2) is 6.26 Å². The van der Waals surface area contributed by atoms with Gasteiger partial charge in [-0.2, -0.15) is 13.3 Å². The van der Waals surface area contributed by atoms with E-state index in [1.807, 2.05) is 0 Å². The molecule has 0 saturated heterocycles. The Morgan fingerprint density at radius 2 is 1.61 bits per heavy atom. The molecule has 8 heteroatoms. The number of hydrogen-bond donors (Lipinski definition) is 0. The van der Waals surface area contributed by atoms with Crippen molar-refractivity contribution in [2.45, 2.75) is 0 Å². The van der Waals surface area contributed by atoms with Crippen LogP contribution in [0.25, 0.3) is 0 Å². The molecule has 0 heterocycles. The van der Waals surface area contributed by atoms with E-state index < -0.39 is 10.1 Å². The van der Waals surface area contributed by atoms with E-state index in [1.54, 1.807) is 0 Å². The van der Waals surface area contributed by atoms with Gasteiger partial charge in [0.1, 0.15) is 12.9 Å². The SMILES string of the molecule is C=C.C=C.COCCOOO/C=C/OS(C)(=O)=O. The first-order chi connectivity index (χ1) is 8.56. The van der Waals surface area contributed by atoms with Crippen molar-refractivity contribution >= 4 is 10.1 Å². The molecule has 18 heavy (non-hydrogen) atoms. The standard InChI is InChI=1S/C6H12O7S.2C2H4/c1-9-3-4-10-13-11-5-6-12-14(2,7)8;2*1-2/h5-6H,3-4H2,1-2H3;2*1-2H2/b6-5+;;. The maximum absolute atomic E-state index is 10.4. The van der Waals surface area contributed by atoms with Gasteiger partial charge in [0.25, 0.3) is 0 Å². The molecule has 0 amide bonds. The van der Waals surface area contributed by atoms with Crippen LogP contribution in [0.3, 0.4) is 0 Å². The van der Waals surface area contributed by atoms with Crippen molar-refractivity contribution < 1.29 is 32.2 Å². The van der Waals surface area contributed by atoms with Crippen molar-refractivity contribution in [2.75, 3.05) is 26.6 Å². The average molecular weight is 284 g/mol. The first-order valence-electron chi connectivity index (χ1n) is 4.53. The Kier molecular flexibility index (Phi) is 21.9. The second-order valence-corrected chi connectivity index (χ2v) is 3.65. The highest BCUT2D eigenvalue weighted by molar-refractivity contribution is 7.86. The van der Waals surface area contributed by atoms with E-state index in [4.69, 9.17) is 0 Å². The van der Waals surface area contributed by atoms with Gasteiger partial charge >= 0.3 is 10.1 Å². The third-order valence-corrected chi connectivity index (χ3v) is 1.26. The van der Waals surface area contributed by atoms with Gasteiger partial charge in [0.2, 0.25) is 0 Å². The predicted octanol–water partition coefficient (Wildman–Crippen LogP) is 1.56. The van der Waals surface area contributed by atoms with Crippen LogP contribution < -0.4 is 0 Å². The molecule has 0 unspecified atom stereocenters. The fourth-order valence-electron chi connectivity index (χ4n) is 0.348. The molecule has 7 nitrogen and oxygen atoms in total. The average Bonchev–Trinajstić information content (AvgIpc) is 2.36. The van der Waals surface area contributed by atoms with Crippen LogP contribution in [-0.2, 0) is 33.9 Å². The lowest BCUT2D eigenvalue weighted by atomic mass is 10.8. The molecule has 0 saturated carbocycles. The highest BCUT2D eigenvalue weighted by Gasteiger charge is 1.95. The molecule has 0 rings (SSSR count). The van der Waals surface area contributed by atoms with Crippen molar-refractivity contribution in [3.63, 3.8) is 0 Å². The van der Waals surface area contributed by atoms with Crippen LogP contribution in [0.15, 0.2) is 38.8 Å². The summed E-state index contributed by atoms with van der Waals surface area (Å²) in [5, 5.41) is 4.11. The van der Waals surface area contributed by atoms with Gasteiger partial charge in [-0.15, -0.1) is 26.3 Å². The Balaban J connectivity index is -0.000000506. The zero-order valence-electron chi connectivity index (χ0n) is 10.7. The van der Waals surface area contributed by atoms with E-state index in [0.29, 0.717) is 6.61 Å². The third kappa shape index (κ3) is 29.3. The Morgan fingerprint density at radius 3 is 2.06 bits per heavy atom. The van der Waals surface area contributed by atoms with Gasteiger partial charge in [0, 0.05) is 7.11 Å². The van der Waals surface area contributed by atoms with E-state index in [1.165, 1.54) is 7.11 Å². The van der Waals surface area contributed by atoms with Crippen molar-refractivity contribution in [3.8, 4) is 0 Å². The third-order valence-electron chi connectivity index (χ3n) is 0.800. The van der Waals surface area contributed by atoms with E-state index in [-0.39, 0.29) is 6.61 Å². The van der Waals surface area contributed by atoms with Crippen molar-refractivity contribution in [2.24, 2.45) is 0 Å². The number of methoxy groups -OCH3 is 1. The Morgan fingerprint density at radius 1 is 1.06 bits per heavy atom. The predicted molar refractivity (Wildman–Crippen MR) is 67.6 cm³/mol. The van der Waals surface area contributed by atoms with E-state index >= 15 is 0 Å². The Bertz CT molecular complexity index is 272. The van der Waals surface area contributed by atoms with E-state index in [0.717, 1.165) is 18.8 Å². The first-order valence-corrected chi connectivity index (χ1v) is 6.35. The molecule has 0 aromatic rings. The molecule has 0 spiro atoms. The lowest BCUT2D eigenvalue weighted by Gasteiger charge is -1.99. The van der Waals surface area contributed by atoms with Crippen LogP contribution in [0.1, 0.15) is 0 Å². The summed E-state index contributed by atoms with van der Waals surface area (Å²) in [5.74, 6) is 0. The van der Waals surface area contributed by atoms with E-state index in [2.05, 4.69) is 50.0 Å². The molecular weight excluding hydrogens is 264 g/mol. The number of ether oxygens (including phenoxy) is 1. The number of hydrogen-bond acceptors (Lipinski definition) is 7. The molecule has 0 aromatic heterocycles. The van der Waals surface area contributed by atoms with Crippen LogP contribution in [0.4, 0.5) is 0 Å². The minimum absolute atomic E-state index is 0.192. The summed E-state index contributed by atoms with van der Waals surface area (Å²) >= 11 is 0.